The van der Waals surface area contributed by atoms with E-state index in [1.807, 2.05) is 30.3 Å². The molecule has 2 aromatic rings. The van der Waals surface area contributed by atoms with Crippen LogP contribution in [0, 0.1) is 10.8 Å². The molecule has 0 fully saturated rings. The Hall–Kier alpha value is -1.36. The van der Waals surface area contributed by atoms with Crippen LogP contribution in [0.25, 0.3) is 0 Å². The Morgan fingerprint density at radius 2 is 1.45 bits per heavy atom. The van der Waals surface area contributed by atoms with Gasteiger partial charge >= 0.3 is 0 Å². The van der Waals surface area contributed by atoms with Crippen molar-refractivity contribution in [1.82, 2.24) is 0 Å². The zero-order chi connectivity index (χ0) is 15.1. The van der Waals surface area contributed by atoms with E-state index in [0.29, 0.717) is 17.1 Å². The van der Waals surface area contributed by atoms with E-state index in [2.05, 4.69) is 19.5 Å². The third kappa shape index (κ3) is 4.83. The van der Waals surface area contributed by atoms with Gasteiger partial charge < -0.3 is 27.0 Å². The van der Waals surface area contributed by atoms with Gasteiger partial charge in [0, 0.05) is 12.0 Å². The van der Waals surface area contributed by atoms with Crippen LogP contribution >= 0.6 is 48.0 Å². The van der Waals surface area contributed by atoms with E-state index in [0.717, 1.165) is 17.7 Å². The number of nitrogen functional groups attached to an aromatic ring is 2. The van der Waals surface area contributed by atoms with Gasteiger partial charge in [-0.15, -0.1) is 48.0 Å². The van der Waals surface area contributed by atoms with Crippen LogP contribution in [0.15, 0.2) is 36.4 Å². The molecular formula is C15H20I2N4O. The summed E-state index contributed by atoms with van der Waals surface area (Å²) in [7, 11) is 0. The summed E-state index contributed by atoms with van der Waals surface area (Å²) in [5, 5.41) is 11.0. The Balaban J connectivity index is 0. The molecule has 2 aromatic carbocycles. The van der Waals surface area contributed by atoms with Crippen LogP contribution in [0.5, 0.6) is 11.5 Å². The maximum atomic E-state index is 5.91. The van der Waals surface area contributed by atoms with Crippen molar-refractivity contribution in [3.63, 3.8) is 0 Å². The highest BCUT2D eigenvalue weighted by atomic mass is 127. The minimum Gasteiger partial charge on any atom is -0.455 e. The molecule has 0 atom stereocenters. The van der Waals surface area contributed by atoms with Crippen molar-refractivity contribution >= 4 is 72.8 Å². The smallest absolute Gasteiger partial charge is 0.155 e. The van der Waals surface area contributed by atoms with Crippen LogP contribution < -0.4 is 16.2 Å². The van der Waals surface area contributed by atoms with Crippen molar-refractivity contribution in [2.24, 2.45) is 0 Å². The first-order valence-corrected chi connectivity index (χ1v) is 5.89. The van der Waals surface area contributed by atoms with Gasteiger partial charge in [-0.1, -0.05) is 24.3 Å². The number of hydrogen-bond donors (Lipinski definition) is 4. The lowest BCUT2D eigenvalue weighted by atomic mass is 9.99. The molecule has 1 aliphatic heterocycles. The number of benzene rings is 2. The van der Waals surface area contributed by atoms with Crippen molar-refractivity contribution in [1.29, 1.82) is 10.8 Å². The number of fused-ring (bicyclic) bond motifs is 2. The molecular weight excluding hydrogens is 506 g/mol. The summed E-state index contributed by atoms with van der Waals surface area (Å²) in [6.07, 6.45) is 0.843. The molecule has 3 rings (SSSR count). The summed E-state index contributed by atoms with van der Waals surface area (Å²) in [4.78, 5) is 0. The molecule has 0 unspecified atom stereocenters. The molecule has 0 radical (unpaired) electrons. The lowest BCUT2D eigenvalue weighted by Crippen LogP contribution is -2.07. The lowest BCUT2D eigenvalue weighted by molar-refractivity contribution is 0.463. The number of halogens is 2. The number of ether oxygens (including phenoxy) is 1. The van der Waals surface area contributed by atoms with Gasteiger partial charge in [-0.25, -0.2) is 0 Å². The lowest BCUT2D eigenvalue weighted by Gasteiger charge is -2.22. The number of hydrogen-bond acceptors (Lipinski definition) is 5. The van der Waals surface area contributed by atoms with Crippen LogP contribution in [-0.2, 0) is 6.42 Å². The molecule has 22 heavy (non-hydrogen) atoms. The second kappa shape index (κ2) is 11.2. The molecule has 1 aliphatic rings. The van der Waals surface area contributed by atoms with Crippen LogP contribution in [0.2, 0.25) is 0 Å². The predicted molar refractivity (Wildman–Crippen MR) is 115 cm³/mol. The van der Waals surface area contributed by atoms with Gasteiger partial charge in [-0.05, 0) is 31.1 Å². The Labute approximate surface area is 164 Å². The van der Waals surface area contributed by atoms with Crippen molar-refractivity contribution < 1.29 is 4.74 Å². The molecule has 6 N–H and O–H groups in total. The van der Waals surface area contributed by atoms with Crippen LogP contribution in [0.1, 0.15) is 11.1 Å². The Morgan fingerprint density at radius 3 is 2.09 bits per heavy atom. The Morgan fingerprint density at radius 1 is 0.864 bits per heavy atom. The fraction of sp³-hybridized carbons (Fsp3) is 0.0667. The maximum absolute atomic E-state index is 5.91. The zero-order valence-electron chi connectivity index (χ0n) is 12.0. The first kappa shape index (κ1) is 22.9. The zero-order valence-corrected chi connectivity index (χ0v) is 16.6. The van der Waals surface area contributed by atoms with E-state index in [9.17, 15) is 0 Å². The van der Waals surface area contributed by atoms with Gasteiger partial charge in [0.2, 0.25) is 0 Å². The van der Waals surface area contributed by atoms with Crippen molar-refractivity contribution in [2.75, 3.05) is 11.5 Å². The van der Waals surface area contributed by atoms with Gasteiger partial charge in [0.25, 0.3) is 0 Å². The molecule has 7 heteroatoms. The molecule has 0 saturated carbocycles. The quantitative estimate of drug-likeness (QED) is 0.199. The fourth-order valence-electron chi connectivity index (χ4n) is 1.98. The maximum Gasteiger partial charge on any atom is 0.155 e. The summed E-state index contributed by atoms with van der Waals surface area (Å²) in [5.41, 5.74) is 15.0. The van der Waals surface area contributed by atoms with Gasteiger partial charge in [-0.2, -0.15) is 0 Å². The standard InChI is InChI=1S/C13H12N2O.2CH3N.2HI/c14-10-6-5-9-7-8-3-1-2-4-11(8)16-13(9)12(10)15;2*1-2;;/h1-6H,7,14-15H2;2*2H,1H2;2*1H. The summed E-state index contributed by atoms with van der Waals surface area (Å²) in [6, 6.07) is 11.8. The molecule has 0 bridgehead atoms. The van der Waals surface area contributed by atoms with Gasteiger partial charge in [0.1, 0.15) is 5.75 Å². The molecule has 0 aromatic heterocycles. The van der Waals surface area contributed by atoms with E-state index in [-0.39, 0.29) is 48.0 Å². The average molecular weight is 526 g/mol. The number of para-hydroxylation sites is 1. The molecule has 0 amide bonds. The molecule has 0 spiro atoms. The highest BCUT2D eigenvalue weighted by Crippen LogP contribution is 2.41. The summed E-state index contributed by atoms with van der Waals surface area (Å²) in [6.45, 7) is 5.00. The molecule has 1 heterocycles. The van der Waals surface area contributed by atoms with E-state index in [4.69, 9.17) is 27.0 Å². The Bertz CT molecular complexity index is 606. The number of anilines is 2. The molecule has 120 valence electrons. The van der Waals surface area contributed by atoms with Crippen molar-refractivity contribution in [3.05, 3.63) is 47.5 Å². The third-order valence-electron chi connectivity index (χ3n) is 2.88. The van der Waals surface area contributed by atoms with Gasteiger partial charge in [-0.3, -0.25) is 0 Å². The molecule has 0 saturated heterocycles. The van der Waals surface area contributed by atoms with Gasteiger partial charge in [0.15, 0.2) is 5.75 Å². The van der Waals surface area contributed by atoms with E-state index >= 15 is 0 Å². The first-order chi connectivity index (χ1) is 9.75. The van der Waals surface area contributed by atoms with Gasteiger partial charge in [0.05, 0.1) is 11.4 Å². The molecule has 5 nitrogen and oxygen atoms in total. The minimum atomic E-state index is 0. The van der Waals surface area contributed by atoms with Crippen LogP contribution in [0.4, 0.5) is 11.4 Å². The van der Waals surface area contributed by atoms with E-state index in [1.54, 1.807) is 0 Å². The van der Waals surface area contributed by atoms with E-state index < -0.39 is 0 Å². The second-order valence-electron chi connectivity index (χ2n) is 3.94. The monoisotopic (exact) mass is 526 g/mol. The average Bonchev–Trinajstić information content (AvgIpc) is 2.54. The fourth-order valence-corrected chi connectivity index (χ4v) is 1.98. The van der Waals surface area contributed by atoms with E-state index in [1.165, 1.54) is 5.56 Å². The summed E-state index contributed by atoms with van der Waals surface area (Å²) in [5.74, 6) is 1.58. The highest BCUT2D eigenvalue weighted by molar-refractivity contribution is 14.0. The second-order valence-corrected chi connectivity index (χ2v) is 3.94. The minimum absolute atomic E-state index is 0. The SMILES string of the molecule is C=N.C=N.I.I.Nc1ccc2c(c1N)Oc1ccccc1C2. The normalized spacial score (nSPS) is 9.45. The predicted octanol–water partition coefficient (Wildman–Crippen LogP) is 4.32. The summed E-state index contributed by atoms with van der Waals surface area (Å²) < 4.78 is 5.78. The molecule has 0 aliphatic carbocycles. The summed E-state index contributed by atoms with van der Waals surface area (Å²) >= 11 is 0. The Kier molecular flexibility index (Phi) is 11.7. The van der Waals surface area contributed by atoms with Crippen LogP contribution in [0.3, 0.4) is 0 Å². The van der Waals surface area contributed by atoms with Crippen molar-refractivity contribution in [2.45, 2.75) is 6.42 Å². The highest BCUT2D eigenvalue weighted by Gasteiger charge is 2.19. The number of nitrogens with one attached hydrogen (secondary N) is 2. The third-order valence-corrected chi connectivity index (χ3v) is 2.88. The van der Waals surface area contributed by atoms with Crippen LogP contribution in [-0.4, -0.2) is 13.4 Å². The van der Waals surface area contributed by atoms with Crippen molar-refractivity contribution in [3.8, 4) is 11.5 Å². The number of rotatable bonds is 0. The topological polar surface area (TPSA) is 109 Å². The number of nitrogens with two attached hydrogens (primary N) is 2. The first-order valence-electron chi connectivity index (χ1n) is 5.89. The largest absolute Gasteiger partial charge is 0.455 e.